The Hall–Kier alpha value is -3.44. The van der Waals surface area contributed by atoms with E-state index in [2.05, 4.69) is 5.32 Å². The molecule has 1 fully saturated rings. The second-order valence-electron chi connectivity index (χ2n) is 5.70. The molecule has 3 rings (SSSR count). The van der Waals surface area contributed by atoms with Crippen molar-refractivity contribution in [1.82, 2.24) is 0 Å². The molecule has 26 heavy (non-hydrogen) atoms. The van der Waals surface area contributed by atoms with Crippen molar-refractivity contribution in [3.8, 4) is 6.07 Å². The molecule has 1 saturated heterocycles. The Labute approximate surface area is 149 Å². The summed E-state index contributed by atoms with van der Waals surface area (Å²) >= 11 is 0. The molecule has 132 valence electrons. The summed E-state index contributed by atoms with van der Waals surface area (Å²) < 4.78 is 5.27. The number of rotatable bonds is 4. The van der Waals surface area contributed by atoms with Crippen molar-refractivity contribution in [2.75, 3.05) is 36.5 Å². The minimum atomic E-state index is -0.483. The Morgan fingerprint density at radius 1 is 1.19 bits per heavy atom. The number of nitrogens with zero attached hydrogens (tertiary/aromatic N) is 3. The van der Waals surface area contributed by atoms with Crippen molar-refractivity contribution >= 4 is 23.0 Å². The van der Waals surface area contributed by atoms with Crippen molar-refractivity contribution < 1.29 is 14.5 Å². The van der Waals surface area contributed by atoms with Crippen LogP contribution in [0.3, 0.4) is 0 Å². The second kappa shape index (κ2) is 7.63. The van der Waals surface area contributed by atoms with Gasteiger partial charge < -0.3 is 15.0 Å². The first-order chi connectivity index (χ1) is 12.6. The first-order valence-electron chi connectivity index (χ1n) is 8.01. The van der Waals surface area contributed by atoms with Crippen LogP contribution in [0.1, 0.15) is 15.9 Å². The van der Waals surface area contributed by atoms with E-state index in [0.717, 1.165) is 0 Å². The molecule has 0 unspecified atom stereocenters. The van der Waals surface area contributed by atoms with Crippen LogP contribution in [0.25, 0.3) is 0 Å². The molecular formula is C18H16N4O4. The van der Waals surface area contributed by atoms with Gasteiger partial charge in [-0.25, -0.2) is 0 Å². The SMILES string of the molecule is N#Cc1ccc(NC(=O)c2ccc(N3CCOCC3)c([N+](=O)[O-])c2)cc1. The molecular weight excluding hydrogens is 336 g/mol. The average molecular weight is 352 g/mol. The number of ether oxygens (including phenoxy) is 1. The van der Waals surface area contributed by atoms with E-state index in [-0.39, 0.29) is 11.3 Å². The number of carbonyl (C=O) groups is 1. The summed E-state index contributed by atoms with van der Waals surface area (Å²) in [5.74, 6) is -0.452. The van der Waals surface area contributed by atoms with E-state index in [1.807, 2.05) is 11.0 Å². The molecule has 0 bridgehead atoms. The summed E-state index contributed by atoms with van der Waals surface area (Å²) in [6.45, 7) is 2.16. The van der Waals surface area contributed by atoms with E-state index in [9.17, 15) is 14.9 Å². The first-order valence-corrected chi connectivity index (χ1v) is 8.01. The number of hydrogen-bond acceptors (Lipinski definition) is 6. The predicted octanol–water partition coefficient (Wildman–Crippen LogP) is 2.56. The maximum Gasteiger partial charge on any atom is 0.293 e. The topological polar surface area (TPSA) is 108 Å². The first kappa shape index (κ1) is 17.4. The number of benzene rings is 2. The fourth-order valence-corrected chi connectivity index (χ4v) is 2.71. The lowest BCUT2D eigenvalue weighted by molar-refractivity contribution is -0.384. The zero-order valence-corrected chi connectivity index (χ0v) is 13.8. The van der Waals surface area contributed by atoms with Crippen LogP contribution in [0.4, 0.5) is 17.1 Å². The summed E-state index contributed by atoms with van der Waals surface area (Å²) in [5.41, 5.74) is 1.55. The minimum Gasteiger partial charge on any atom is -0.378 e. The Kier molecular flexibility index (Phi) is 5.10. The third kappa shape index (κ3) is 3.79. The predicted molar refractivity (Wildman–Crippen MR) is 95.2 cm³/mol. The highest BCUT2D eigenvalue weighted by molar-refractivity contribution is 6.05. The summed E-state index contributed by atoms with van der Waals surface area (Å²) in [7, 11) is 0. The Morgan fingerprint density at radius 2 is 1.88 bits per heavy atom. The smallest absolute Gasteiger partial charge is 0.293 e. The van der Waals surface area contributed by atoms with Gasteiger partial charge in [-0.05, 0) is 36.4 Å². The molecule has 8 nitrogen and oxygen atoms in total. The van der Waals surface area contributed by atoms with E-state index in [1.54, 1.807) is 36.4 Å². The summed E-state index contributed by atoms with van der Waals surface area (Å²) in [4.78, 5) is 25.2. The van der Waals surface area contributed by atoms with Gasteiger partial charge in [-0.2, -0.15) is 5.26 Å². The number of nitriles is 1. The fourth-order valence-electron chi connectivity index (χ4n) is 2.71. The maximum absolute atomic E-state index is 12.4. The lowest BCUT2D eigenvalue weighted by Crippen LogP contribution is -2.36. The van der Waals surface area contributed by atoms with Gasteiger partial charge in [0.1, 0.15) is 5.69 Å². The van der Waals surface area contributed by atoms with E-state index < -0.39 is 10.8 Å². The number of nitrogens with one attached hydrogen (secondary N) is 1. The lowest BCUT2D eigenvalue weighted by atomic mass is 10.1. The normalized spacial score (nSPS) is 13.7. The minimum absolute atomic E-state index is 0.112. The highest BCUT2D eigenvalue weighted by Gasteiger charge is 2.23. The van der Waals surface area contributed by atoms with Gasteiger partial charge >= 0.3 is 0 Å². The van der Waals surface area contributed by atoms with E-state index in [4.69, 9.17) is 10.00 Å². The molecule has 2 aromatic carbocycles. The van der Waals surface area contributed by atoms with Crippen LogP contribution in [0.15, 0.2) is 42.5 Å². The summed E-state index contributed by atoms with van der Waals surface area (Å²) in [6, 6.07) is 12.8. The van der Waals surface area contributed by atoms with Crippen molar-refractivity contribution in [2.45, 2.75) is 0 Å². The third-order valence-electron chi connectivity index (χ3n) is 4.06. The van der Waals surface area contributed by atoms with Crippen molar-refractivity contribution in [3.05, 3.63) is 63.7 Å². The molecule has 1 N–H and O–H groups in total. The van der Waals surface area contributed by atoms with Gasteiger partial charge in [-0.15, -0.1) is 0 Å². The molecule has 2 aromatic rings. The van der Waals surface area contributed by atoms with Crippen molar-refractivity contribution in [2.24, 2.45) is 0 Å². The van der Waals surface area contributed by atoms with Crippen LogP contribution < -0.4 is 10.2 Å². The fraction of sp³-hybridized carbons (Fsp3) is 0.222. The number of morpholine rings is 1. The quantitative estimate of drug-likeness (QED) is 0.669. The largest absolute Gasteiger partial charge is 0.378 e. The molecule has 1 aliphatic rings. The van der Waals surface area contributed by atoms with Crippen molar-refractivity contribution in [1.29, 1.82) is 5.26 Å². The monoisotopic (exact) mass is 352 g/mol. The second-order valence-corrected chi connectivity index (χ2v) is 5.70. The van der Waals surface area contributed by atoms with Gasteiger partial charge in [0.25, 0.3) is 11.6 Å². The zero-order chi connectivity index (χ0) is 18.5. The molecule has 0 aromatic heterocycles. The van der Waals surface area contributed by atoms with Crippen LogP contribution in [-0.2, 0) is 4.74 Å². The van der Waals surface area contributed by atoms with E-state index >= 15 is 0 Å². The molecule has 0 radical (unpaired) electrons. The van der Waals surface area contributed by atoms with E-state index in [1.165, 1.54) is 6.07 Å². The van der Waals surface area contributed by atoms with Gasteiger partial charge in [0, 0.05) is 30.4 Å². The average Bonchev–Trinajstić information content (AvgIpc) is 2.68. The van der Waals surface area contributed by atoms with Crippen LogP contribution >= 0.6 is 0 Å². The number of nitro benzene ring substituents is 1. The molecule has 0 atom stereocenters. The van der Waals surface area contributed by atoms with Gasteiger partial charge in [0.2, 0.25) is 0 Å². The van der Waals surface area contributed by atoms with Gasteiger partial charge in [0.15, 0.2) is 0 Å². The molecule has 0 saturated carbocycles. The molecule has 0 spiro atoms. The van der Waals surface area contributed by atoms with E-state index in [0.29, 0.717) is 43.2 Å². The van der Waals surface area contributed by atoms with Gasteiger partial charge in [-0.3, -0.25) is 14.9 Å². The Morgan fingerprint density at radius 3 is 2.50 bits per heavy atom. The highest BCUT2D eigenvalue weighted by atomic mass is 16.6. The van der Waals surface area contributed by atoms with Crippen molar-refractivity contribution in [3.63, 3.8) is 0 Å². The number of carbonyl (C=O) groups excluding carboxylic acids is 1. The number of hydrogen-bond donors (Lipinski definition) is 1. The number of anilines is 2. The molecule has 0 aliphatic carbocycles. The standard InChI is InChI=1S/C18H16N4O4/c19-12-13-1-4-15(5-2-13)20-18(23)14-3-6-16(17(11-14)22(24)25)21-7-9-26-10-8-21/h1-6,11H,7-10H2,(H,20,23). The number of nitro groups is 1. The van der Waals surface area contributed by atoms with Gasteiger partial charge in [-0.1, -0.05) is 0 Å². The zero-order valence-electron chi connectivity index (χ0n) is 13.8. The maximum atomic E-state index is 12.4. The van der Waals surface area contributed by atoms with Crippen LogP contribution in [0.5, 0.6) is 0 Å². The van der Waals surface area contributed by atoms with Crippen LogP contribution in [0.2, 0.25) is 0 Å². The highest BCUT2D eigenvalue weighted by Crippen LogP contribution is 2.30. The molecule has 1 amide bonds. The Balaban J connectivity index is 1.82. The van der Waals surface area contributed by atoms with Crippen LogP contribution in [-0.4, -0.2) is 37.1 Å². The number of amides is 1. The van der Waals surface area contributed by atoms with Crippen LogP contribution in [0, 0.1) is 21.4 Å². The third-order valence-corrected chi connectivity index (χ3v) is 4.06. The Bertz CT molecular complexity index is 868. The molecule has 1 heterocycles. The lowest BCUT2D eigenvalue weighted by Gasteiger charge is -2.28. The van der Waals surface area contributed by atoms with Gasteiger partial charge in [0.05, 0.1) is 29.8 Å². The summed E-state index contributed by atoms with van der Waals surface area (Å²) in [5, 5.41) is 22.9. The summed E-state index contributed by atoms with van der Waals surface area (Å²) in [6.07, 6.45) is 0. The molecule has 8 heteroatoms. The molecule has 1 aliphatic heterocycles.